The molecule has 0 saturated heterocycles. The number of hydrogen-bond acceptors (Lipinski definition) is 2. The van der Waals surface area contributed by atoms with E-state index < -0.39 is 0 Å². The minimum Gasteiger partial charge on any atom is -0.294 e. The van der Waals surface area contributed by atoms with Crippen molar-refractivity contribution in [3.8, 4) is 0 Å². The number of unbranched alkanes of at least 4 members (excludes halogenated alkanes) is 3. The van der Waals surface area contributed by atoms with Gasteiger partial charge in [-0.25, -0.2) is 0 Å². The van der Waals surface area contributed by atoms with Crippen LogP contribution in [0.5, 0.6) is 0 Å². The molecule has 84 valence electrons. The lowest BCUT2D eigenvalue weighted by Crippen LogP contribution is -1.94. The largest absolute Gasteiger partial charge is 0.294 e. The second-order valence-corrected chi connectivity index (χ2v) is 6.20. The van der Waals surface area contributed by atoms with Crippen LogP contribution in [0.15, 0.2) is 9.85 Å². The Bertz CT molecular complexity index is 330. The molecule has 0 fully saturated rings. The fourth-order valence-electron chi connectivity index (χ4n) is 1.62. The van der Waals surface area contributed by atoms with Gasteiger partial charge >= 0.3 is 0 Å². The molecule has 0 bridgehead atoms. The first-order chi connectivity index (χ1) is 7.15. The monoisotopic (exact) mass is 288 g/mol. The van der Waals surface area contributed by atoms with Crippen LogP contribution in [0, 0.1) is 0 Å². The average molecular weight is 289 g/mol. The molecule has 0 unspecified atom stereocenters. The van der Waals surface area contributed by atoms with Gasteiger partial charge in [-0.15, -0.1) is 11.3 Å². The van der Waals surface area contributed by atoms with Crippen LogP contribution in [0.3, 0.4) is 0 Å². The van der Waals surface area contributed by atoms with Crippen LogP contribution in [0.2, 0.25) is 0 Å². The van der Waals surface area contributed by atoms with Gasteiger partial charge < -0.3 is 0 Å². The molecule has 1 heterocycles. The van der Waals surface area contributed by atoms with Crippen molar-refractivity contribution in [2.45, 2.75) is 46.0 Å². The Kier molecular flexibility index (Phi) is 5.54. The zero-order chi connectivity index (χ0) is 11.3. The van der Waals surface area contributed by atoms with Crippen molar-refractivity contribution >= 4 is 33.0 Å². The molecule has 1 rings (SSSR count). The summed E-state index contributed by atoms with van der Waals surface area (Å²) in [5, 5.41) is 0. The maximum atomic E-state index is 11.4. The van der Waals surface area contributed by atoms with Gasteiger partial charge in [0.1, 0.15) is 0 Å². The van der Waals surface area contributed by atoms with Gasteiger partial charge in [0.25, 0.3) is 0 Å². The Hall–Kier alpha value is -0.150. The van der Waals surface area contributed by atoms with Crippen molar-refractivity contribution in [2.75, 3.05) is 0 Å². The minimum atomic E-state index is 0.191. The Balaban J connectivity index is 2.55. The lowest BCUT2D eigenvalue weighted by atomic mass is 10.1. The van der Waals surface area contributed by atoms with E-state index >= 15 is 0 Å². The second kappa shape index (κ2) is 6.44. The van der Waals surface area contributed by atoms with Crippen molar-refractivity contribution < 1.29 is 4.79 Å². The van der Waals surface area contributed by atoms with E-state index in [1.807, 2.05) is 0 Å². The average Bonchev–Trinajstić information content (AvgIpc) is 2.55. The molecule has 0 spiro atoms. The summed E-state index contributed by atoms with van der Waals surface area (Å²) in [6.07, 6.45) is 6.04. The molecule has 0 saturated carbocycles. The highest BCUT2D eigenvalue weighted by Crippen LogP contribution is 2.28. The number of Topliss-reactive ketones (excluding diaryl/α,β-unsaturated/α-hetero) is 1. The van der Waals surface area contributed by atoms with Crippen molar-refractivity contribution in [2.24, 2.45) is 0 Å². The van der Waals surface area contributed by atoms with Gasteiger partial charge in [-0.3, -0.25) is 4.79 Å². The van der Waals surface area contributed by atoms with Crippen LogP contribution in [0.4, 0.5) is 0 Å². The topological polar surface area (TPSA) is 17.1 Å². The van der Waals surface area contributed by atoms with Crippen LogP contribution in [0.1, 0.15) is 54.8 Å². The van der Waals surface area contributed by atoms with Crippen LogP contribution in [-0.4, -0.2) is 5.78 Å². The lowest BCUT2D eigenvalue weighted by molar-refractivity contribution is 0.102. The Morgan fingerprint density at radius 2 is 2.13 bits per heavy atom. The number of carbonyl (C=O) groups is 1. The molecule has 3 heteroatoms. The van der Waals surface area contributed by atoms with E-state index in [1.54, 1.807) is 18.3 Å². The maximum absolute atomic E-state index is 11.4. The zero-order valence-electron chi connectivity index (χ0n) is 9.31. The Labute approximate surface area is 104 Å². The van der Waals surface area contributed by atoms with Crippen LogP contribution in [0.25, 0.3) is 0 Å². The molecule has 0 aliphatic carbocycles. The van der Waals surface area contributed by atoms with Crippen molar-refractivity contribution in [3.63, 3.8) is 0 Å². The molecule has 0 atom stereocenters. The molecule has 1 aromatic heterocycles. The van der Waals surface area contributed by atoms with Crippen LogP contribution < -0.4 is 0 Å². The summed E-state index contributed by atoms with van der Waals surface area (Å²) >= 11 is 4.99. The number of hydrogen-bond donors (Lipinski definition) is 0. The van der Waals surface area contributed by atoms with E-state index in [4.69, 9.17) is 0 Å². The summed E-state index contributed by atoms with van der Waals surface area (Å²) < 4.78 is 1.07. The third-order valence-corrected chi connectivity index (χ3v) is 4.18. The SMILES string of the molecule is CCCCCCc1cc(Br)sc1C(C)=O. The molecular formula is C12H17BrOS. The van der Waals surface area contributed by atoms with Crippen LogP contribution >= 0.6 is 27.3 Å². The molecule has 1 nitrogen and oxygen atoms in total. The molecule has 0 aliphatic rings. The summed E-state index contributed by atoms with van der Waals surface area (Å²) in [5.74, 6) is 0.191. The zero-order valence-corrected chi connectivity index (χ0v) is 11.7. The standard InChI is InChI=1S/C12H17BrOS/c1-3-4-5-6-7-10-8-11(13)15-12(10)9(2)14/h8H,3-7H2,1-2H3. The number of carbonyl (C=O) groups excluding carboxylic acids is 1. The number of halogens is 1. The summed E-state index contributed by atoms with van der Waals surface area (Å²) in [4.78, 5) is 12.3. The number of rotatable bonds is 6. The summed E-state index contributed by atoms with van der Waals surface area (Å²) in [7, 11) is 0. The van der Waals surface area contributed by atoms with Crippen molar-refractivity contribution in [1.29, 1.82) is 0 Å². The highest BCUT2D eigenvalue weighted by atomic mass is 79.9. The predicted octanol–water partition coefficient (Wildman–Crippen LogP) is 4.84. The molecule has 0 aromatic carbocycles. The van der Waals surface area contributed by atoms with E-state index in [9.17, 15) is 4.79 Å². The first-order valence-corrected chi connectivity index (χ1v) is 7.05. The highest BCUT2D eigenvalue weighted by Gasteiger charge is 2.11. The third-order valence-electron chi connectivity index (χ3n) is 2.40. The van der Waals surface area contributed by atoms with Gasteiger partial charge in [0.2, 0.25) is 0 Å². The number of thiophene rings is 1. The van der Waals surface area contributed by atoms with Gasteiger partial charge in [0.15, 0.2) is 5.78 Å². The van der Waals surface area contributed by atoms with Gasteiger partial charge in [-0.2, -0.15) is 0 Å². The van der Waals surface area contributed by atoms with Crippen molar-refractivity contribution in [1.82, 2.24) is 0 Å². The smallest absolute Gasteiger partial charge is 0.170 e. The fraction of sp³-hybridized carbons (Fsp3) is 0.583. The Morgan fingerprint density at radius 3 is 2.73 bits per heavy atom. The first kappa shape index (κ1) is 12.9. The quantitative estimate of drug-likeness (QED) is 0.541. The van der Waals surface area contributed by atoms with Gasteiger partial charge in [0.05, 0.1) is 8.66 Å². The lowest BCUT2D eigenvalue weighted by Gasteiger charge is -2.00. The van der Waals surface area contributed by atoms with E-state index in [0.717, 1.165) is 15.1 Å². The Morgan fingerprint density at radius 1 is 1.40 bits per heavy atom. The minimum absolute atomic E-state index is 0.191. The molecule has 0 N–H and O–H groups in total. The third kappa shape index (κ3) is 4.07. The van der Waals surface area contributed by atoms with Crippen molar-refractivity contribution in [3.05, 3.63) is 20.3 Å². The van der Waals surface area contributed by atoms with Gasteiger partial charge in [-0.05, 0) is 47.3 Å². The van der Waals surface area contributed by atoms with Gasteiger partial charge in [-0.1, -0.05) is 26.2 Å². The summed E-state index contributed by atoms with van der Waals surface area (Å²) in [6.45, 7) is 3.86. The highest BCUT2D eigenvalue weighted by molar-refractivity contribution is 9.11. The first-order valence-electron chi connectivity index (χ1n) is 5.44. The molecule has 1 aromatic rings. The number of ketones is 1. The molecule has 15 heavy (non-hydrogen) atoms. The van der Waals surface area contributed by atoms with E-state index in [-0.39, 0.29) is 5.78 Å². The normalized spacial score (nSPS) is 10.6. The number of aryl methyl sites for hydroxylation is 1. The summed E-state index contributed by atoms with van der Waals surface area (Å²) in [5.41, 5.74) is 1.22. The maximum Gasteiger partial charge on any atom is 0.170 e. The fourth-order valence-corrected chi connectivity index (χ4v) is 3.21. The molecular weight excluding hydrogens is 272 g/mol. The van der Waals surface area contributed by atoms with E-state index in [0.29, 0.717) is 0 Å². The second-order valence-electron chi connectivity index (χ2n) is 3.77. The van der Waals surface area contributed by atoms with Crippen LogP contribution in [-0.2, 0) is 6.42 Å². The van der Waals surface area contributed by atoms with E-state index in [1.165, 1.54) is 31.2 Å². The molecule has 0 amide bonds. The van der Waals surface area contributed by atoms with Gasteiger partial charge in [0, 0.05) is 0 Å². The predicted molar refractivity (Wildman–Crippen MR) is 69.9 cm³/mol. The summed E-state index contributed by atoms with van der Waals surface area (Å²) in [6, 6.07) is 2.09. The molecule has 0 radical (unpaired) electrons. The molecule has 0 aliphatic heterocycles. The van der Waals surface area contributed by atoms with E-state index in [2.05, 4.69) is 28.9 Å².